The number of benzene rings is 2. The minimum absolute atomic E-state index is 0.0451. The zero-order chi connectivity index (χ0) is 17.8. The number of hydrogen-bond donors (Lipinski definition) is 2. The summed E-state index contributed by atoms with van der Waals surface area (Å²) in [5.41, 5.74) is 2.89. The molecule has 3 N–H and O–H groups in total. The van der Waals surface area contributed by atoms with Gasteiger partial charge in [0.25, 0.3) is 5.91 Å². The summed E-state index contributed by atoms with van der Waals surface area (Å²) < 4.78 is 26.8. The Labute approximate surface area is 146 Å². The molecular formula is C20H23F2N2O+. The molecule has 2 atom stereocenters. The Morgan fingerprint density at radius 2 is 2.08 bits per heavy atom. The highest BCUT2D eigenvalue weighted by molar-refractivity contribution is 5.77. The molecule has 1 aliphatic carbocycles. The van der Waals surface area contributed by atoms with Gasteiger partial charge in [-0.15, -0.1) is 0 Å². The van der Waals surface area contributed by atoms with E-state index in [1.807, 2.05) is 12.1 Å². The standard InChI is InChI=1S/C20H22F2N2O/c1-13(16-10-9-15(21)11-18(16)22)23-12-20(25)24-19-8-4-6-14-5-2-3-7-17(14)19/h2-3,5,7,9-11,13,19,23H,4,6,8,12H2,1H3,(H,24,25)/p+1/t13-,19-/m0/s1. The maximum Gasteiger partial charge on any atom is 0.275 e. The van der Waals surface area contributed by atoms with Crippen LogP contribution in [-0.4, -0.2) is 12.5 Å². The van der Waals surface area contributed by atoms with Crippen molar-refractivity contribution < 1.29 is 18.9 Å². The third kappa shape index (κ3) is 4.23. The smallest absolute Gasteiger partial charge is 0.275 e. The summed E-state index contributed by atoms with van der Waals surface area (Å²) in [6.07, 6.45) is 3.04. The predicted octanol–water partition coefficient (Wildman–Crippen LogP) is 2.78. The van der Waals surface area contributed by atoms with Gasteiger partial charge in [0, 0.05) is 11.6 Å². The van der Waals surface area contributed by atoms with Crippen LogP contribution in [-0.2, 0) is 11.2 Å². The minimum atomic E-state index is -0.595. The van der Waals surface area contributed by atoms with Crippen LogP contribution in [0.2, 0.25) is 0 Å². The van der Waals surface area contributed by atoms with E-state index in [1.165, 1.54) is 23.3 Å². The first-order chi connectivity index (χ1) is 12.0. The van der Waals surface area contributed by atoms with E-state index in [1.54, 1.807) is 12.2 Å². The fourth-order valence-electron chi connectivity index (χ4n) is 3.44. The first kappa shape index (κ1) is 17.5. The average molecular weight is 345 g/mol. The second-order valence-electron chi connectivity index (χ2n) is 6.61. The number of aryl methyl sites for hydroxylation is 1. The van der Waals surface area contributed by atoms with Crippen molar-refractivity contribution in [2.45, 2.75) is 38.3 Å². The summed E-state index contributed by atoms with van der Waals surface area (Å²) in [6, 6.07) is 11.5. The van der Waals surface area contributed by atoms with E-state index < -0.39 is 11.6 Å². The molecule has 1 amide bonds. The summed E-state index contributed by atoms with van der Waals surface area (Å²) in [7, 11) is 0. The Hall–Kier alpha value is -2.27. The SMILES string of the molecule is C[C@H]([NH2+]CC(=O)N[C@H]1CCCc2ccccc21)c1ccc(F)cc1F. The Morgan fingerprint density at radius 3 is 2.88 bits per heavy atom. The van der Waals surface area contributed by atoms with Gasteiger partial charge in [0.05, 0.1) is 6.04 Å². The van der Waals surface area contributed by atoms with Gasteiger partial charge in [-0.2, -0.15) is 0 Å². The molecule has 3 rings (SSSR count). The molecule has 0 saturated carbocycles. The van der Waals surface area contributed by atoms with Crippen LogP contribution in [0.1, 0.15) is 48.5 Å². The highest BCUT2D eigenvalue weighted by atomic mass is 19.1. The highest BCUT2D eigenvalue weighted by Gasteiger charge is 2.22. The van der Waals surface area contributed by atoms with E-state index in [4.69, 9.17) is 0 Å². The zero-order valence-electron chi connectivity index (χ0n) is 14.3. The Bertz CT molecular complexity index is 763. The molecule has 3 nitrogen and oxygen atoms in total. The van der Waals surface area contributed by atoms with Crippen LogP contribution in [0.4, 0.5) is 8.78 Å². The summed E-state index contributed by atoms with van der Waals surface area (Å²) in [5.74, 6) is -1.25. The number of nitrogens with one attached hydrogen (secondary N) is 1. The molecule has 0 spiro atoms. The van der Waals surface area contributed by atoms with Crippen molar-refractivity contribution >= 4 is 5.91 Å². The molecule has 25 heavy (non-hydrogen) atoms. The van der Waals surface area contributed by atoms with Crippen LogP contribution in [0.3, 0.4) is 0 Å². The summed E-state index contributed by atoms with van der Waals surface area (Å²) >= 11 is 0. The van der Waals surface area contributed by atoms with Crippen molar-refractivity contribution in [2.75, 3.05) is 6.54 Å². The number of amides is 1. The molecular weight excluding hydrogens is 322 g/mol. The molecule has 5 heteroatoms. The maximum atomic E-state index is 13.8. The molecule has 2 aromatic rings. The van der Waals surface area contributed by atoms with Crippen LogP contribution >= 0.6 is 0 Å². The molecule has 0 radical (unpaired) electrons. The third-order valence-electron chi connectivity index (χ3n) is 4.81. The van der Waals surface area contributed by atoms with E-state index >= 15 is 0 Å². The van der Waals surface area contributed by atoms with Gasteiger partial charge >= 0.3 is 0 Å². The van der Waals surface area contributed by atoms with Crippen molar-refractivity contribution in [1.29, 1.82) is 0 Å². The largest absolute Gasteiger partial charge is 0.344 e. The van der Waals surface area contributed by atoms with E-state index in [0.717, 1.165) is 25.3 Å². The molecule has 0 unspecified atom stereocenters. The summed E-state index contributed by atoms with van der Waals surface area (Å²) in [6.45, 7) is 2.01. The van der Waals surface area contributed by atoms with Gasteiger partial charge in [-0.05, 0) is 49.4 Å². The van der Waals surface area contributed by atoms with Gasteiger partial charge in [0.2, 0.25) is 0 Å². The van der Waals surface area contributed by atoms with E-state index in [-0.39, 0.29) is 24.5 Å². The van der Waals surface area contributed by atoms with Gasteiger partial charge in [-0.3, -0.25) is 4.79 Å². The van der Waals surface area contributed by atoms with Gasteiger partial charge < -0.3 is 10.6 Å². The van der Waals surface area contributed by atoms with Crippen molar-refractivity contribution in [3.63, 3.8) is 0 Å². The number of quaternary nitrogens is 1. The molecule has 0 aromatic heterocycles. The minimum Gasteiger partial charge on any atom is -0.344 e. The number of carbonyl (C=O) groups is 1. The molecule has 0 fully saturated rings. The second kappa shape index (κ2) is 7.74. The Morgan fingerprint density at radius 1 is 1.28 bits per heavy atom. The molecule has 0 saturated heterocycles. The normalized spacial score (nSPS) is 17.6. The summed E-state index contributed by atoms with van der Waals surface area (Å²) in [4.78, 5) is 12.3. The zero-order valence-corrected chi connectivity index (χ0v) is 14.3. The lowest BCUT2D eigenvalue weighted by Crippen LogP contribution is -2.87. The lowest BCUT2D eigenvalue weighted by atomic mass is 9.88. The molecule has 0 bridgehead atoms. The van der Waals surface area contributed by atoms with Crippen molar-refractivity contribution in [2.24, 2.45) is 0 Å². The third-order valence-corrected chi connectivity index (χ3v) is 4.81. The first-order valence-corrected chi connectivity index (χ1v) is 8.70. The monoisotopic (exact) mass is 345 g/mol. The van der Waals surface area contributed by atoms with Gasteiger partial charge in [0.1, 0.15) is 17.7 Å². The van der Waals surface area contributed by atoms with Crippen LogP contribution in [0.5, 0.6) is 0 Å². The number of hydrogen-bond acceptors (Lipinski definition) is 1. The average Bonchev–Trinajstić information content (AvgIpc) is 2.60. The molecule has 2 aromatic carbocycles. The van der Waals surface area contributed by atoms with Crippen LogP contribution in [0, 0.1) is 11.6 Å². The fourth-order valence-corrected chi connectivity index (χ4v) is 3.44. The number of halogens is 2. The fraction of sp³-hybridized carbons (Fsp3) is 0.350. The molecule has 132 valence electrons. The highest BCUT2D eigenvalue weighted by Crippen LogP contribution is 2.29. The van der Waals surface area contributed by atoms with Crippen molar-refractivity contribution in [3.05, 3.63) is 70.8 Å². The Balaban J connectivity index is 1.57. The topological polar surface area (TPSA) is 45.7 Å². The van der Waals surface area contributed by atoms with Gasteiger partial charge in [0.15, 0.2) is 6.54 Å². The predicted molar refractivity (Wildman–Crippen MR) is 91.8 cm³/mol. The summed E-state index contributed by atoms with van der Waals surface area (Å²) in [5, 5.41) is 4.85. The first-order valence-electron chi connectivity index (χ1n) is 8.70. The van der Waals surface area contributed by atoms with Crippen molar-refractivity contribution in [1.82, 2.24) is 5.32 Å². The van der Waals surface area contributed by atoms with E-state index in [2.05, 4.69) is 17.4 Å². The second-order valence-corrected chi connectivity index (χ2v) is 6.61. The van der Waals surface area contributed by atoms with E-state index in [0.29, 0.717) is 5.56 Å². The van der Waals surface area contributed by atoms with Crippen LogP contribution < -0.4 is 10.6 Å². The number of rotatable bonds is 5. The van der Waals surface area contributed by atoms with Gasteiger partial charge in [-0.1, -0.05) is 24.3 Å². The number of fused-ring (bicyclic) bond motifs is 1. The quantitative estimate of drug-likeness (QED) is 0.860. The Kier molecular flexibility index (Phi) is 5.43. The maximum absolute atomic E-state index is 13.8. The van der Waals surface area contributed by atoms with Crippen molar-refractivity contribution in [3.8, 4) is 0 Å². The van der Waals surface area contributed by atoms with Crippen LogP contribution in [0.15, 0.2) is 42.5 Å². The molecule has 0 heterocycles. The van der Waals surface area contributed by atoms with Crippen LogP contribution in [0.25, 0.3) is 0 Å². The molecule has 1 aliphatic rings. The van der Waals surface area contributed by atoms with E-state index in [9.17, 15) is 13.6 Å². The number of nitrogens with two attached hydrogens (primary N) is 1. The lowest BCUT2D eigenvalue weighted by Gasteiger charge is -2.26. The van der Waals surface area contributed by atoms with Gasteiger partial charge in [-0.25, -0.2) is 8.78 Å². The number of carbonyl (C=O) groups excluding carboxylic acids is 1. The lowest BCUT2D eigenvalue weighted by molar-refractivity contribution is -0.682. The molecule has 0 aliphatic heterocycles.